The first-order valence-electron chi connectivity index (χ1n) is 4.35. The maximum absolute atomic E-state index is 10.6. The maximum atomic E-state index is 10.6. The minimum Gasteiger partial charge on any atom is -0.369 e. The highest BCUT2D eigenvalue weighted by Crippen LogP contribution is 2.18. The van der Waals surface area contributed by atoms with Crippen LogP contribution in [-0.4, -0.2) is 17.1 Å². The maximum Gasteiger partial charge on any atom is 0.287 e. The van der Waals surface area contributed by atoms with E-state index in [0.29, 0.717) is 5.56 Å². The fraction of sp³-hybridized carbons (Fsp3) is 0. The number of nitriles is 1. The molecule has 0 aromatic heterocycles. The minimum absolute atomic E-state index is 0.0522. The second-order valence-corrected chi connectivity index (χ2v) is 2.91. The Kier molecular flexibility index (Phi) is 3.72. The molecule has 0 amide bonds. The lowest BCUT2D eigenvalue weighted by molar-refractivity contribution is -0.385. The van der Waals surface area contributed by atoms with Gasteiger partial charge >= 0.3 is 0 Å². The summed E-state index contributed by atoms with van der Waals surface area (Å²) in [6.45, 7) is 0. The van der Waals surface area contributed by atoms with Crippen molar-refractivity contribution in [3.63, 3.8) is 0 Å². The molecule has 0 atom stereocenters. The Labute approximate surface area is 96.0 Å². The quantitative estimate of drug-likeness (QED) is 0.328. The van der Waals surface area contributed by atoms with Crippen molar-refractivity contribution in [3.05, 3.63) is 39.4 Å². The summed E-state index contributed by atoms with van der Waals surface area (Å²) in [6, 6.07) is 5.70. The Balaban J connectivity index is 3.07. The third-order valence-corrected chi connectivity index (χ3v) is 1.72. The number of nitro benzene ring substituents is 1. The van der Waals surface area contributed by atoms with Crippen molar-refractivity contribution in [2.75, 3.05) is 0 Å². The molecule has 0 saturated heterocycles. The van der Waals surface area contributed by atoms with E-state index in [9.17, 15) is 10.1 Å². The van der Waals surface area contributed by atoms with Crippen LogP contribution in [0.25, 0.3) is 0 Å². The third-order valence-electron chi connectivity index (χ3n) is 1.72. The zero-order chi connectivity index (χ0) is 12.8. The molecule has 17 heavy (non-hydrogen) atoms. The van der Waals surface area contributed by atoms with E-state index in [0.717, 1.165) is 0 Å². The lowest BCUT2D eigenvalue weighted by Crippen LogP contribution is -2.21. The molecule has 86 valence electrons. The van der Waals surface area contributed by atoms with Gasteiger partial charge in [0.2, 0.25) is 5.96 Å². The molecule has 0 fully saturated rings. The Hall–Kier alpha value is -2.95. The van der Waals surface area contributed by atoms with Crippen molar-refractivity contribution in [1.82, 2.24) is 0 Å². The van der Waals surface area contributed by atoms with Gasteiger partial charge in [-0.05, 0) is 17.7 Å². The van der Waals surface area contributed by atoms with Gasteiger partial charge in [-0.2, -0.15) is 10.4 Å². The van der Waals surface area contributed by atoms with Crippen LogP contribution in [0.1, 0.15) is 11.1 Å². The Morgan fingerprint density at radius 2 is 2.24 bits per heavy atom. The molecule has 0 bridgehead atoms. The van der Waals surface area contributed by atoms with Crippen LogP contribution in [0.4, 0.5) is 5.69 Å². The van der Waals surface area contributed by atoms with Gasteiger partial charge in [-0.25, -0.2) is 0 Å². The van der Waals surface area contributed by atoms with Crippen LogP contribution >= 0.6 is 0 Å². The fourth-order valence-electron chi connectivity index (χ4n) is 1.04. The molecule has 8 heteroatoms. The molecule has 1 aromatic rings. The molecule has 1 aromatic carbocycles. The predicted molar refractivity (Wildman–Crippen MR) is 61.2 cm³/mol. The SMILES string of the molecule is N#Cc1cc(C=NN=C(N)N)ccc1[N+](=O)[O-]. The molecule has 0 spiro atoms. The van der Waals surface area contributed by atoms with Crippen molar-refractivity contribution < 1.29 is 4.92 Å². The topological polar surface area (TPSA) is 144 Å². The highest BCUT2D eigenvalue weighted by molar-refractivity contribution is 5.82. The van der Waals surface area contributed by atoms with E-state index in [2.05, 4.69) is 10.2 Å². The number of nitrogens with two attached hydrogens (primary N) is 2. The lowest BCUT2D eigenvalue weighted by Gasteiger charge is -1.95. The predicted octanol–water partition coefficient (Wildman–Crippen LogP) is 0.0738. The van der Waals surface area contributed by atoms with Crippen molar-refractivity contribution in [2.24, 2.45) is 21.7 Å². The average molecular weight is 232 g/mol. The van der Waals surface area contributed by atoms with Gasteiger partial charge in [0.05, 0.1) is 11.1 Å². The van der Waals surface area contributed by atoms with Crippen LogP contribution in [0, 0.1) is 21.4 Å². The normalized spacial score (nSPS) is 9.82. The molecule has 0 aliphatic heterocycles. The standard InChI is InChI=1S/C9H8N6O2/c10-4-7-3-6(5-13-14-9(11)12)1-2-8(7)15(16)17/h1-3,5H,(H4,11,12,14). The second kappa shape index (κ2) is 5.22. The number of rotatable bonds is 3. The highest BCUT2D eigenvalue weighted by atomic mass is 16.6. The molecule has 0 radical (unpaired) electrons. The average Bonchev–Trinajstić information content (AvgIpc) is 2.28. The minimum atomic E-state index is -0.629. The van der Waals surface area contributed by atoms with Crippen LogP contribution < -0.4 is 11.5 Å². The first kappa shape index (κ1) is 12.1. The van der Waals surface area contributed by atoms with E-state index < -0.39 is 4.92 Å². The lowest BCUT2D eigenvalue weighted by atomic mass is 10.1. The van der Waals surface area contributed by atoms with Crippen molar-refractivity contribution in [3.8, 4) is 6.07 Å². The summed E-state index contributed by atoms with van der Waals surface area (Å²) in [5.41, 5.74) is 10.3. The summed E-state index contributed by atoms with van der Waals surface area (Å²) in [6.07, 6.45) is 1.28. The zero-order valence-electron chi connectivity index (χ0n) is 8.57. The highest BCUT2D eigenvalue weighted by Gasteiger charge is 2.12. The van der Waals surface area contributed by atoms with Gasteiger partial charge in [-0.3, -0.25) is 10.1 Å². The van der Waals surface area contributed by atoms with Crippen LogP contribution in [-0.2, 0) is 0 Å². The molecule has 4 N–H and O–H groups in total. The van der Waals surface area contributed by atoms with E-state index in [1.807, 2.05) is 0 Å². The summed E-state index contributed by atoms with van der Waals surface area (Å²) >= 11 is 0. The Bertz CT molecular complexity index is 539. The molecule has 0 aliphatic carbocycles. The number of hydrogen-bond acceptors (Lipinski definition) is 5. The summed E-state index contributed by atoms with van der Waals surface area (Å²) < 4.78 is 0. The monoisotopic (exact) mass is 232 g/mol. The molecular formula is C9H8N6O2. The summed E-state index contributed by atoms with van der Waals surface area (Å²) in [5, 5.41) is 26.2. The zero-order valence-corrected chi connectivity index (χ0v) is 8.57. The van der Waals surface area contributed by atoms with Crippen LogP contribution in [0.2, 0.25) is 0 Å². The second-order valence-electron chi connectivity index (χ2n) is 2.91. The number of hydrogen-bond donors (Lipinski definition) is 2. The summed E-state index contributed by atoms with van der Waals surface area (Å²) in [4.78, 5) is 9.93. The van der Waals surface area contributed by atoms with Crippen LogP contribution in [0.5, 0.6) is 0 Å². The number of nitro groups is 1. The first-order valence-corrected chi connectivity index (χ1v) is 4.35. The largest absolute Gasteiger partial charge is 0.369 e. The summed E-state index contributed by atoms with van der Waals surface area (Å²) in [5.74, 6) is -0.205. The number of guanidine groups is 1. The van der Waals surface area contributed by atoms with Gasteiger partial charge in [0, 0.05) is 6.07 Å². The van der Waals surface area contributed by atoms with Crippen molar-refractivity contribution in [1.29, 1.82) is 5.26 Å². The smallest absolute Gasteiger partial charge is 0.287 e. The van der Waals surface area contributed by atoms with E-state index >= 15 is 0 Å². The van der Waals surface area contributed by atoms with Crippen LogP contribution in [0.3, 0.4) is 0 Å². The molecule has 8 nitrogen and oxygen atoms in total. The molecular weight excluding hydrogens is 224 g/mol. The Morgan fingerprint density at radius 3 is 2.76 bits per heavy atom. The third kappa shape index (κ3) is 3.28. The number of nitrogens with zero attached hydrogens (tertiary/aromatic N) is 4. The van der Waals surface area contributed by atoms with Gasteiger partial charge in [-0.15, -0.1) is 5.10 Å². The van der Waals surface area contributed by atoms with E-state index in [1.54, 1.807) is 6.07 Å². The number of benzene rings is 1. The molecule has 0 saturated carbocycles. The molecule has 1 rings (SSSR count). The van der Waals surface area contributed by atoms with E-state index in [4.69, 9.17) is 16.7 Å². The molecule has 0 unspecified atom stereocenters. The van der Waals surface area contributed by atoms with Gasteiger partial charge in [0.15, 0.2) is 0 Å². The van der Waals surface area contributed by atoms with Gasteiger partial charge in [0.25, 0.3) is 5.69 Å². The molecule has 0 aliphatic rings. The van der Waals surface area contributed by atoms with Gasteiger partial charge in [-0.1, -0.05) is 0 Å². The summed E-state index contributed by atoms with van der Waals surface area (Å²) in [7, 11) is 0. The van der Waals surface area contributed by atoms with Crippen molar-refractivity contribution in [2.45, 2.75) is 0 Å². The fourth-order valence-corrected chi connectivity index (χ4v) is 1.04. The van der Waals surface area contributed by atoms with E-state index in [-0.39, 0.29) is 17.2 Å². The van der Waals surface area contributed by atoms with E-state index in [1.165, 1.54) is 24.4 Å². The van der Waals surface area contributed by atoms with Gasteiger partial charge < -0.3 is 11.5 Å². The first-order chi connectivity index (χ1) is 8.04. The molecule has 0 heterocycles. The van der Waals surface area contributed by atoms with Crippen LogP contribution in [0.15, 0.2) is 28.4 Å². The Morgan fingerprint density at radius 1 is 1.53 bits per heavy atom. The van der Waals surface area contributed by atoms with Crippen molar-refractivity contribution >= 4 is 17.9 Å². The van der Waals surface area contributed by atoms with Gasteiger partial charge in [0.1, 0.15) is 11.6 Å².